The van der Waals surface area contributed by atoms with Crippen molar-refractivity contribution in [2.24, 2.45) is 0 Å². The molecular formula is C17H17NO5. The van der Waals surface area contributed by atoms with Crippen LogP contribution >= 0.6 is 0 Å². The second-order valence-corrected chi connectivity index (χ2v) is 4.73. The van der Waals surface area contributed by atoms with E-state index in [-0.39, 0.29) is 11.3 Å². The van der Waals surface area contributed by atoms with Crippen molar-refractivity contribution in [3.05, 3.63) is 53.7 Å². The van der Waals surface area contributed by atoms with Gasteiger partial charge in [0.25, 0.3) is 0 Å². The molecule has 1 aromatic carbocycles. The third-order valence-electron chi connectivity index (χ3n) is 3.21. The molecule has 0 saturated carbocycles. The average molecular weight is 315 g/mol. The van der Waals surface area contributed by atoms with Crippen LogP contribution < -0.4 is 9.47 Å². The van der Waals surface area contributed by atoms with E-state index in [9.17, 15) is 9.59 Å². The van der Waals surface area contributed by atoms with Gasteiger partial charge in [-0.15, -0.1) is 0 Å². The van der Waals surface area contributed by atoms with Crippen molar-refractivity contribution in [2.45, 2.75) is 13.0 Å². The number of pyridine rings is 1. The number of nitrogens with zero attached hydrogens (tertiary/aromatic N) is 1. The van der Waals surface area contributed by atoms with Gasteiger partial charge in [-0.05, 0) is 37.3 Å². The molecule has 0 aliphatic carbocycles. The summed E-state index contributed by atoms with van der Waals surface area (Å²) in [6.45, 7) is 1.53. The number of carbonyl (C=O) groups excluding carboxylic acids is 2. The number of ether oxygens (including phenoxy) is 3. The van der Waals surface area contributed by atoms with Gasteiger partial charge >= 0.3 is 5.97 Å². The number of carbonyl (C=O) groups is 2. The van der Waals surface area contributed by atoms with Crippen molar-refractivity contribution in [2.75, 3.05) is 14.2 Å². The van der Waals surface area contributed by atoms with Crippen LogP contribution in [0.2, 0.25) is 0 Å². The van der Waals surface area contributed by atoms with Crippen molar-refractivity contribution in [1.82, 2.24) is 4.98 Å². The number of aromatic nitrogens is 1. The van der Waals surface area contributed by atoms with E-state index < -0.39 is 12.1 Å². The summed E-state index contributed by atoms with van der Waals surface area (Å²) in [6, 6.07) is 9.68. The molecule has 23 heavy (non-hydrogen) atoms. The largest absolute Gasteiger partial charge is 0.497 e. The Labute approximate surface area is 134 Å². The fraction of sp³-hybridized carbons (Fsp3) is 0.235. The molecule has 2 aromatic rings. The first-order valence-electron chi connectivity index (χ1n) is 6.94. The van der Waals surface area contributed by atoms with Gasteiger partial charge in [-0.25, -0.2) is 9.78 Å². The van der Waals surface area contributed by atoms with Crippen LogP contribution in [-0.2, 0) is 4.74 Å². The molecule has 0 bridgehead atoms. The summed E-state index contributed by atoms with van der Waals surface area (Å²) in [7, 11) is 3.03. The molecule has 1 heterocycles. The van der Waals surface area contributed by atoms with Crippen LogP contribution in [0, 0.1) is 0 Å². The van der Waals surface area contributed by atoms with E-state index in [1.807, 2.05) is 0 Å². The smallest absolute Gasteiger partial charge is 0.340 e. The number of ketones is 1. The minimum atomic E-state index is -0.905. The molecule has 1 aromatic heterocycles. The standard InChI is InChI=1S/C17H17NO5/c1-11(16(19)12-4-7-14(21-2)8-5-12)23-17(20)13-6-9-15(22-3)18-10-13/h4-11H,1-3H3/t11-/m1/s1. The molecule has 6 nitrogen and oxygen atoms in total. The highest BCUT2D eigenvalue weighted by Gasteiger charge is 2.20. The van der Waals surface area contributed by atoms with Gasteiger partial charge in [0.2, 0.25) is 11.7 Å². The fourth-order valence-electron chi connectivity index (χ4n) is 1.89. The first kappa shape index (κ1) is 16.5. The van der Waals surface area contributed by atoms with E-state index in [0.29, 0.717) is 17.2 Å². The van der Waals surface area contributed by atoms with Crippen LogP contribution in [0.25, 0.3) is 0 Å². The number of hydrogen-bond donors (Lipinski definition) is 0. The van der Waals surface area contributed by atoms with Gasteiger partial charge in [0.15, 0.2) is 6.10 Å². The molecular weight excluding hydrogens is 298 g/mol. The Morgan fingerprint density at radius 1 is 0.957 bits per heavy atom. The zero-order valence-electron chi connectivity index (χ0n) is 13.1. The SMILES string of the molecule is COc1ccc(C(=O)[C@@H](C)OC(=O)c2ccc(OC)nc2)cc1. The Morgan fingerprint density at radius 2 is 1.61 bits per heavy atom. The summed E-state index contributed by atoms with van der Waals surface area (Å²) in [4.78, 5) is 28.2. The minimum Gasteiger partial charge on any atom is -0.497 e. The number of esters is 1. The van der Waals surface area contributed by atoms with Gasteiger partial charge in [0.1, 0.15) is 5.75 Å². The summed E-state index contributed by atoms with van der Waals surface area (Å²) >= 11 is 0. The van der Waals surface area contributed by atoms with E-state index in [4.69, 9.17) is 14.2 Å². The van der Waals surface area contributed by atoms with E-state index >= 15 is 0 Å². The lowest BCUT2D eigenvalue weighted by Crippen LogP contribution is -2.24. The molecule has 0 spiro atoms. The van der Waals surface area contributed by atoms with Gasteiger partial charge in [0.05, 0.1) is 19.8 Å². The number of methoxy groups -OCH3 is 2. The molecule has 0 fully saturated rings. The third-order valence-corrected chi connectivity index (χ3v) is 3.21. The van der Waals surface area contributed by atoms with Crippen LogP contribution in [0.5, 0.6) is 11.6 Å². The molecule has 0 aliphatic rings. The van der Waals surface area contributed by atoms with Crippen LogP contribution in [0.1, 0.15) is 27.6 Å². The molecule has 0 saturated heterocycles. The lowest BCUT2D eigenvalue weighted by Gasteiger charge is -2.12. The molecule has 0 aliphatic heterocycles. The number of hydrogen-bond acceptors (Lipinski definition) is 6. The van der Waals surface area contributed by atoms with Crippen LogP contribution in [-0.4, -0.2) is 37.1 Å². The lowest BCUT2D eigenvalue weighted by atomic mass is 10.1. The monoisotopic (exact) mass is 315 g/mol. The molecule has 6 heteroatoms. The Bertz CT molecular complexity index is 679. The quantitative estimate of drug-likeness (QED) is 0.602. The summed E-state index contributed by atoms with van der Waals surface area (Å²) < 4.78 is 15.1. The molecule has 2 rings (SSSR count). The Morgan fingerprint density at radius 3 is 2.13 bits per heavy atom. The Hall–Kier alpha value is -2.89. The predicted molar refractivity (Wildman–Crippen MR) is 83.0 cm³/mol. The first-order valence-corrected chi connectivity index (χ1v) is 6.94. The normalized spacial score (nSPS) is 11.4. The number of Topliss-reactive ketones (excluding diaryl/α,β-unsaturated/α-hetero) is 1. The zero-order chi connectivity index (χ0) is 16.8. The van der Waals surface area contributed by atoms with Gasteiger partial charge in [-0.2, -0.15) is 0 Å². The topological polar surface area (TPSA) is 74.7 Å². The van der Waals surface area contributed by atoms with Crippen molar-refractivity contribution in [1.29, 1.82) is 0 Å². The third kappa shape index (κ3) is 4.06. The van der Waals surface area contributed by atoms with Crippen molar-refractivity contribution in [3.63, 3.8) is 0 Å². The van der Waals surface area contributed by atoms with Gasteiger partial charge in [0, 0.05) is 17.8 Å². The van der Waals surface area contributed by atoms with Crippen LogP contribution in [0.4, 0.5) is 0 Å². The van der Waals surface area contributed by atoms with Gasteiger partial charge < -0.3 is 14.2 Å². The molecule has 0 radical (unpaired) electrons. The molecule has 0 N–H and O–H groups in total. The lowest BCUT2D eigenvalue weighted by molar-refractivity contribution is 0.0318. The number of benzene rings is 1. The van der Waals surface area contributed by atoms with Crippen molar-refractivity contribution < 1.29 is 23.8 Å². The molecule has 1 atom stereocenters. The highest BCUT2D eigenvalue weighted by atomic mass is 16.5. The second kappa shape index (κ2) is 7.40. The maximum Gasteiger partial charge on any atom is 0.340 e. The minimum absolute atomic E-state index is 0.250. The van der Waals surface area contributed by atoms with E-state index in [1.54, 1.807) is 37.4 Å². The highest BCUT2D eigenvalue weighted by molar-refractivity contribution is 6.01. The van der Waals surface area contributed by atoms with Crippen molar-refractivity contribution >= 4 is 11.8 Å². The molecule has 0 unspecified atom stereocenters. The van der Waals surface area contributed by atoms with Crippen LogP contribution in [0.15, 0.2) is 42.6 Å². The Balaban J connectivity index is 2.02. The van der Waals surface area contributed by atoms with Gasteiger partial charge in [-0.1, -0.05) is 0 Å². The van der Waals surface area contributed by atoms with Crippen molar-refractivity contribution in [3.8, 4) is 11.6 Å². The number of rotatable bonds is 6. The maximum atomic E-state index is 12.3. The van der Waals surface area contributed by atoms with E-state index in [2.05, 4.69) is 4.98 Å². The summed E-state index contributed by atoms with van der Waals surface area (Å²) in [5, 5.41) is 0. The highest BCUT2D eigenvalue weighted by Crippen LogP contribution is 2.15. The Kier molecular flexibility index (Phi) is 5.30. The molecule has 0 amide bonds. The first-order chi connectivity index (χ1) is 11.0. The van der Waals surface area contributed by atoms with E-state index in [1.165, 1.54) is 26.3 Å². The zero-order valence-corrected chi connectivity index (χ0v) is 13.1. The fourth-order valence-corrected chi connectivity index (χ4v) is 1.89. The maximum absolute atomic E-state index is 12.3. The van der Waals surface area contributed by atoms with Gasteiger partial charge in [-0.3, -0.25) is 4.79 Å². The summed E-state index contributed by atoms with van der Waals surface area (Å²) in [5.74, 6) is 0.136. The molecule has 120 valence electrons. The predicted octanol–water partition coefficient (Wildman–Crippen LogP) is 2.53. The van der Waals surface area contributed by atoms with Crippen LogP contribution in [0.3, 0.4) is 0 Å². The summed E-state index contributed by atoms with van der Waals surface area (Å²) in [5.41, 5.74) is 0.694. The summed E-state index contributed by atoms with van der Waals surface area (Å²) in [6.07, 6.45) is 0.434. The average Bonchev–Trinajstić information content (AvgIpc) is 2.61. The van der Waals surface area contributed by atoms with E-state index in [0.717, 1.165) is 0 Å². The second-order valence-electron chi connectivity index (χ2n) is 4.73.